The number of nitrogens with one attached hydrogen (secondary N) is 1. The van der Waals surface area contributed by atoms with Gasteiger partial charge in [0.05, 0.1) is 19.1 Å². The normalized spacial score (nSPS) is 15.3. The number of thiocarbonyl (C=S) groups is 1. The highest BCUT2D eigenvalue weighted by atomic mass is 32.2. The second kappa shape index (κ2) is 8.51. The molecule has 1 aromatic carbocycles. The summed E-state index contributed by atoms with van der Waals surface area (Å²) in [6.45, 7) is -0.159. The predicted octanol–water partition coefficient (Wildman–Crippen LogP) is 3.00. The third-order valence-corrected chi connectivity index (χ3v) is 5.63. The molecule has 27 heavy (non-hydrogen) atoms. The lowest BCUT2D eigenvalue weighted by Gasteiger charge is -2.13. The van der Waals surface area contributed by atoms with Gasteiger partial charge in [-0.05, 0) is 23.8 Å². The summed E-state index contributed by atoms with van der Waals surface area (Å²) < 4.78 is 10.8. The molecule has 1 N–H and O–H groups in total. The molecule has 7 nitrogen and oxygen atoms in total. The smallest absolute Gasteiger partial charge is 0.266 e. The number of ether oxygens (including phenoxy) is 2. The monoisotopic (exact) mass is 421 g/mol. The van der Waals surface area contributed by atoms with Crippen LogP contribution in [0.1, 0.15) is 5.56 Å². The highest BCUT2D eigenvalue weighted by molar-refractivity contribution is 8.26. The molecule has 0 saturated carbocycles. The summed E-state index contributed by atoms with van der Waals surface area (Å²) in [6.07, 6.45) is 3.30. The molecule has 1 fully saturated rings. The van der Waals surface area contributed by atoms with Gasteiger partial charge < -0.3 is 14.8 Å². The van der Waals surface area contributed by atoms with E-state index in [0.717, 1.165) is 17.3 Å². The Morgan fingerprint density at radius 3 is 2.78 bits per heavy atom. The standard InChI is InChI=1S/C17H15N3O4S3/c1-23-11-4-3-10(7-12(11)24-2)8-13-15(22)20(17(25)27-13)9-14(21)19-16-18-5-6-26-16/h3-8H,9H2,1-2H3,(H,18,19,21)/b13-8-. The Balaban J connectivity index is 1.73. The van der Waals surface area contributed by atoms with E-state index < -0.39 is 0 Å². The van der Waals surface area contributed by atoms with Gasteiger partial charge in [0.1, 0.15) is 10.9 Å². The number of aromatic nitrogens is 1. The number of methoxy groups -OCH3 is 2. The lowest BCUT2D eigenvalue weighted by atomic mass is 10.2. The molecule has 1 saturated heterocycles. The van der Waals surface area contributed by atoms with Gasteiger partial charge in [0.2, 0.25) is 5.91 Å². The van der Waals surface area contributed by atoms with E-state index >= 15 is 0 Å². The van der Waals surface area contributed by atoms with Crippen molar-refractivity contribution in [2.75, 3.05) is 26.1 Å². The van der Waals surface area contributed by atoms with Crippen molar-refractivity contribution in [1.82, 2.24) is 9.88 Å². The van der Waals surface area contributed by atoms with Crippen molar-refractivity contribution >= 4 is 62.7 Å². The first-order valence-corrected chi connectivity index (χ1v) is 9.79. The molecule has 140 valence electrons. The largest absolute Gasteiger partial charge is 0.493 e. The average molecular weight is 422 g/mol. The van der Waals surface area contributed by atoms with Crippen molar-refractivity contribution in [3.63, 3.8) is 0 Å². The van der Waals surface area contributed by atoms with Crippen molar-refractivity contribution in [1.29, 1.82) is 0 Å². The van der Waals surface area contributed by atoms with Crippen LogP contribution in [-0.4, -0.2) is 46.8 Å². The molecular formula is C17H15N3O4S3. The van der Waals surface area contributed by atoms with E-state index in [4.69, 9.17) is 21.7 Å². The number of carbonyl (C=O) groups is 2. The van der Waals surface area contributed by atoms with Crippen molar-refractivity contribution in [2.45, 2.75) is 0 Å². The summed E-state index contributed by atoms with van der Waals surface area (Å²) in [4.78, 5) is 30.4. The van der Waals surface area contributed by atoms with Gasteiger partial charge in [-0.25, -0.2) is 4.98 Å². The molecule has 2 heterocycles. The molecule has 1 aliphatic rings. The molecule has 3 rings (SSSR count). The maximum atomic E-state index is 12.6. The quantitative estimate of drug-likeness (QED) is 0.567. The predicted molar refractivity (Wildman–Crippen MR) is 110 cm³/mol. The molecule has 0 spiro atoms. The highest BCUT2D eigenvalue weighted by Crippen LogP contribution is 2.34. The Hall–Kier alpha value is -2.43. The second-order valence-electron chi connectivity index (χ2n) is 5.27. The maximum Gasteiger partial charge on any atom is 0.266 e. The molecule has 0 bridgehead atoms. The Bertz CT molecular complexity index is 912. The van der Waals surface area contributed by atoms with Crippen LogP contribution in [0.4, 0.5) is 5.13 Å². The first-order chi connectivity index (χ1) is 13.0. The number of hydrogen-bond donors (Lipinski definition) is 1. The number of thioether (sulfide) groups is 1. The van der Waals surface area contributed by atoms with Crippen LogP contribution in [0.5, 0.6) is 11.5 Å². The van der Waals surface area contributed by atoms with Gasteiger partial charge in [0, 0.05) is 11.6 Å². The zero-order valence-electron chi connectivity index (χ0n) is 14.4. The topological polar surface area (TPSA) is 80.8 Å². The summed E-state index contributed by atoms with van der Waals surface area (Å²) in [5, 5.41) is 4.87. The Morgan fingerprint density at radius 2 is 2.11 bits per heavy atom. The van der Waals surface area contributed by atoms with Crippen molar-refractivity contribution in [2.24, 2.45) is 0 Å². The molecule has 0 atom stereocenters. The lowest BCUT2D eigenvalue weighted by Crippen LogP contribution is -2.36. The third kappa shape index (κ3) is 4.46. The number of amides is 2. The molecule has 2 amide bonds. The van der Waals surface area contributed by atoms with Gasteiger partial charge in [-0.2, -0.15) is 0 Å². The zero-order chi connectivity index (χ0) is 19.4. The highest BCUT2D eigenvalue weighted by Gasteiger charge is 2.33. The summed E-state index contributed by atoms with van der Waals surface area (Å²) in [7, 11) is 3.10. The summed E-state index contributed by atoms with van der Waals surface area (Å²) in [5.41, 5.74) is 0.764. The fourth-order valence-electron chi connectivity index (χ4n) is 2.32. The van der Waals surface area contributed by atoms with E-state index in [1.807, 2.05) is 6.07 Å². The molecule has 0 unspecified atom stereocenters. The summed E-state index contributed by atoms with van der Waals surface area (Å²) in [6, 6.07) is 5.33. The molecule has 2 aromatic rings. The minimum Gasteiger partial charge on any atom is -0.493 e. The number of hydrogen-bond acceptors (Lipinski definition) is 8. The second-order valence-corrected chi connectivity index (χ2v) is 7.84. The van der Waals surface area contributed by atoms with Gasteiger partial charge in [-0.1, -0.05) is 30.0 Å². The molecule has 0 radical (unpaired) electrons. The van der Waals surface area contributed by atoms with Gasteiger partial charge in [0.25, 0.3) is 5.91 Å². The molecular weight excluding hydrogens is 406 g/mol. The SMILES string of the molecule is COc1ccc(/C=C2\SC(=S)N(CC(=O)Nc3nccs3)C2=O)cc1OC. The average Bonchev–Trinajstić information content (AvgIpc) is 3.25. The first-order valence-electron chi connectivity index (χ1n) is 7.68. The van der Waals surface area contributed by atoms with Crippen LogP contribution >= 0.6 is 35.3 Å². The van der Waals surface area contributed by atoms with E-state index in [1.54, 1.807) is 44.0 Å². The van der Waals surface area contributed by atoms with Crippen LogP contribution in [-0.2, 0) is 9.59 Å². The van der Waals surface area contributed by atoms with Crippen molar-refractivity contribution in [3.8, 4) is 11.5 Å². The molecule has 0 aliphatic carbocycles. The number of benzene rings is 1. The molecule has 1 aromatic heterocycles. The fourth-order valence-corrected chi connectivity index (χ4v) is 4.12. The third-order valence-electron chi connectivity index (χ3n) is 3.56. The van der Waals surface area contributed by atoms with Crippen LogP contribution in [0.2, 0.25) is 0 Å². The number of rotatable bonds is 6. The van der Waals surface area contributed by atoms with E-state index in [1.165, 1.54) is 16.2 Å². The maximum absolute atomic E-state index is 12.6. The Morgan fingerprint density at radius 1 is 1.33 bits per heavy atom. The number of nitrogens with zero attached hydrogens (tertiary/aromatic N) is 2. The van der Waals surface area contributed by atoms with E-state index in [-0.39, 0.29) is 18.4 Å². The minimum absolute atomic E-state index is 0.159. The van der Waals surface area contributed by atoms with Gasteiger partial charge in [0.15, 0.2) is 16.6 Å². The number of anilines is 1. The Kier molecular flexibility index (Phi) is 6.09. The van der Waals surface area contributed by atoms with Gasteiger partial charge in [-0.15, -0.1) is 11.3 Å². The van der Waals surface area contributed by atoms with Gasteiger partial charge >= 0.3 is 0 Å². The van der Waals surface area contributed by atoms with E-state index in [0.29, 0.717) is 25.9 Å². The summed E-state index contributed by atoms with van der Waals surface area (Å²) in [5.74, 6) is 0.494. The van der Waals surface area contributed by atoms with Crippen LogP contribution in [0.3, 0.4) is 0 Å². The zero-order valence-corrected chi connectivity index (χ0v) is 16.9. The van der Waals surface area contributed by atoms with Crippen LogP contribution < -0.4 is 14.8 Å². The fraction of sp³-hybridized carbons (Fsp3) is 0.176. The number of thiazole rings is 1. The lowest BCUT2D eigenvalue weighted by molar-refractivity contribution is -0.126. The Labute approximate surface area is 169 Å². The molecule has 1 aliphatic heterocycles. The van der Waals surface area contributed by atoms with Crippen molar-refractivity contribution in [3.05, 3.63) is 40.2 Å². The van der Waals surface area contributed by atoms with Crippen LogP contribution in [0.25, 0.3) is 6.08 Å². The van der Waals surface area contributed by atoms with Crippen LogP contribution in [0, 0.1) is 0 Å². The van der Waals surface area contributed by atoms with E-state index in [9.17, 15) is 9.59 Å². The van der Waals surface area contributed by atoms with Gasteiger partial charge in [-0.3, -0.25) is 14.5 Å². The van der Waals surface area contributed by atoms with Crippen LogP contribution in [0.15, 0.2) is 34.7 Å². The van der Waals surface area contributed by atoms with Crippen molar-refractivity contribution < 1.29 is 19.1 Å². The minimum atomic E-state index is -0.353. The summed E-state index contributed by atoms with van der Waals surface area (Å²) >= 11 is 7.71. The van der Waals surface area contributed by atoms with E-state index in [2.05, 4.69) is 10.3 Å². The molecule has 10 heteroatoms. The number of carbonyl (C=O) groups excluding carboxylic acids is 2. The first kappa shape index (κ1) is 19.3.